The predicted octanol–water partition coefficient (Wildman–Crippen LogP) is 4.09. The Labute approximate surface area is 90.0 Å². The molecule has 2 atom stereocenters. The van der Waals surface area contributed by atoms with Gasteiger partial charge in [-0.05, 0) is 12.8 Å². The van der Waals surface area contributed by atoms with Crippen LogP contribution >= 0.6 is 50.7 Å². The normalized spacial score (nSPS) is 32.4. The van der Waals surface area contributed by atoms with E-state index in [4.69, 9.17) is 34.8 Å². The van der Waals surface area contributed by atoms with Crippen LogP contribution in [0.25, 0.3) is 0 Å². The smallest absolute Gasteiger partial charge is 0.0845 e. The minimum Gasteiger partial charge on any atom is -0.0845 e. The van der Waals surface area contributed by atoms with Gasteiger partial charge in [-0.2, -0.15) is 0 Å². The summed E-state index contributed by atoms with van der Waals surface area (Å²) in [6, 6.07) is 0. The molecule has 0 saturated heterocycles. The van der Waals surface area contributed by atoms with Crippen molar-refractivity contribution in [1.29, 1.82) is 0 Å². The van der Waals surface area contributed by atoms with E-state index in [0.29, 0.717) is 4.83 Å². The molecule has 0 fully saturated rings. The van der Waals surface area contributed by atoms with Gasteiger partial charge in [0.25, 0.3) is 0 Å². The van der Waals surface area contributed by atoms with Crippen LogP contribution in [-0.4, -0.2) is 8.62 Å². The van der Waals surface area contributed by atoms with Gasteiger partial charge in [-0.15, -0.1) is 0 Å². The van der Waals surface area contributed by atoms with Crippen molar-refractivity contribution in [2.24, 2.45) is 5.92 Å². The maximum atomic E-state index is 5.72. The fourth-order valence-corrected chi connectivity index (χ4v) is 2.04. The lowest BCUT2D eigenvalue weighted by molar-refractivity contribution is 0.558. The molecule has 0 heterocycles. The summed E-state index contributed by atoms with van der Waals surface area (Å²) in [6.45, 7) is 0. The average Bonchev–Trinajstić information content (AvgIpc) is 1.86. The monoisotopic (exact) mass is 276 g/mol. The van der Waals surface area contributed by atoms with E-state index in [-0.39, 0.29) is 5.92 Å². The van der Waals surface area contributed by atoms with Gasteiger partial charge >= 0.3 is 0 Å². The zero-order valence-corrected chi connectivity index (χ0v) is 9.59. The van der Waals surface area contributed by atoms with Crippen LogP contribution in [-0.2, 0) is 0 Å². The molecule has 0 aromatic carbocycles. The molecule has 2 unspecified atom stereocenters. The molecule has 0 aromatic heterocycles. The van der Waals surface area contributed by atoms with Crippen molar-refractivity contribution in [1.82, 2.24) is 0 Å². The summed E-state index contributed by atoms with van der Waals surface area (Å²) < 4.78 is -1.14. The van der Waals surface area contributed by atoms with E-state index in [0.717, 1.165) is 12.8 Å². The Morgan fingerprint density at radius 2 is 1.82 bits per heavy atom. The zero-order valence-electron chi connectivity index (χ0n) is 5.74. The highest BCUT2D eigenvalue weighted by molar-refractivity contribution is 9.09. The summed E-state index contributed by atoms with van der Waals surface area (Å²) in [5.74, 6) is 0.0706. The molecule has 0 N–H and O–H groups in total. The first-order valence-electron chi connectivity index (χ1n) is 3.39. The topological polar surface area (TPSA) is 0 Å². The molecule has 11 heavy (non-hydrogen) atoms. The third-order valence-corrected chi connectivity index (χ3v) is 3.33. The first-order chi connectivity index (χ1) is 5.00. The molecule has 1 rings (SSSR count). The Hall–Kier alpha value is 1.09. The molecule has 0 radical (unpaired) electrons. The first-order valence-corrected chi connectivity index (χ1v) is 5.44. The van der Waals surface area contributed by atoms with E-state index in [1.165, 1.54) is 0 Å². The number of alkyl halides is 4. The van der Waals surface area contributed by atoms with E-state index < -0.39 is 3.79 Å². The molecule has 0 spiro atoms. The highest BCUT2D eigenvalue weighted by atomic mass is 79.9. The van der Waals surface area contributed by atoms with Crippen LogP contribution < -0.4 is 0 Å². The summed E-state index contributed by atoms with van der Waals surface area (Å²) in [5.41, 5.74) is 0. The van der Waals surface area contributed by atoms with E-state index in [9.17, 15) is 0 Å². The molecular weight excluding hydrogens is 270 g/mol. The minimum atomic E-state index is -1.14. The molecule has 4 heteroatoms. The van der Waals surface area contributed by atoms with Gasteiger partial charge in [-0.25, -0.2) is 0 Å². The van der Waals surface area contributed by atoms with Gasteiger partial charge in [0, 0.05) is 10.7 Å². The predicted molar refractivity (Wildman–Crippen MR) is 54.9 cm³/mol. The molecule has 0 aliphatic heterocycles. The molecule has 0 amide bonds. The third-order valence-electron chi connectivity index (χ3n) is 1.73. The second kappa shape index (κ2) is 3.87. The average molecular weight is 278 g/mol. The molecule has 64 valence electrons. The maximum Gasteiger partial charge on any atom is 0.196 e. The standard InChI is InChI=1S/C7H8BrCl3/c8-6-3-1-5(2-4-6)7(9,10)11/h1,3,5-6H,2,4H2. The Bertz CT molecular complexity index is 162. The quantitative estimate of drug-likeness (QED) is 0.462. The van der Waals surface area contributed by atoms with Gasteiger partial charge in [0.2, 0.25) is 0 Å². The molecule has 1 aliphatic carbocycles. The zero-order chi connectivity index (χ0) is 8.48. The summed E-state index contributed by atoms with van der Waals surface area (Å²) in [5, 5.41) is 0. The summed E-state index contributed by atoms with van der Waals surface area (Å²) in [6.07, 6.45) is 5.98. The van der Waals surface area contributed by atoms with Gasteiger partial charge < -0.3 is 0 Å². The fraction of sp³-hybridized carbons (Fsp3) is 0.714. The molecule has 0 aromatic rings. The number of hydrogen-bond donors (Lipinski definition) is 0. The van der Waals surface area contributed by atoms with Crippen molar-refractivity contribution in [2.45, 2.75) is 21.5 Å². The number of rotatable bonds is 0. The molecule has 1 aliphatic rings. The van der Waals surface area contributed by atoms with Crippen LogP contribution in [0.4, 0.5) is 0 Å². The molecule has 0 nitrogen and oxygen atoms in total. The maximum absolute atomic E-state index is 5.72. The highest BCUT2D eigenvalue weighted by Gasteiger charge is 2.32. The number of allylic oxidation sites excluding steroid dienone is 2. The van der Waals surface area contributed by atoms with Crippen molar-refractivity contribution in [2.75, 3.05) is 0 Å². The van der Waals surface area contributed by atoms with Gasteiger partial charge in [0.1, 0.15) is 0 Å². The van der Waals surface area contributed by atoms with Crippen molar-refractivity contribution >= 4 is 50.7 Å². The fourth-order valence-electron chi connectivity index (χ4n) is 1.06. The SMILES string of the molecule is ClC(Cl)(Cl)C1C=CC(Br)CC1. The summed E-state index contributed by atoms with van der Waals surface area (Å²) >= 11 is 20.6. The lowest BCUT2D eigenvalue weighted by Crippen LogP contribution is -2.21. The third kappa shape index (κ3) is 3.14. The number of halogens is 4. The van der Waals surface area contributed by atoms with E-state index >= 15 is 0 Å². The lowest BCUT2D eigenvalue weighted by atomic mass is 9.97. The van der Waals surface area contributed by atoms with Crippen LogP contribution in [0.15, 0.2) is 12.2 Å². The lowest BCUT2D eigenvalue weighted by Gasteiger charge is -2.25. The summed E-state index contributed by atoms with van der Waals surface area (Å²) in [7, 11) is 0. The van der Waals surface area contributed by atoms with Gasteiger partial charge in [-0.1, -0.05) is 62.9 Å². The van der Waals surface area contributed by atoms with Gasteiger partial charge in [-0.3, -0.25) is 0 Å². The Kier molecular flexibility index (Phi) is 3.57. The summed E-state index contributed by atoms with van der Waals surface area (Å²) in [4.78, 5) is 0.450. The first kappa shape index (κ1) is 10.2. The highest BCUT2D eigenvalue weighted by Crippen LogP contribution is 2.41. The van der Waals surface area contributed by atoms with Crippen molar-refractivity contribution < 1.29 is 0 Å². The number of hydrogen-bond acceptors (Lipinski definition) is 0. The molecular formula is C7H8BrCl3. The van der Waals surface area contributed by atoms with Crippen molar-refractivity contribution in [3.63, 3.8) is 0 Å². The Morgan fingerprint density at radius 3 is 2.18 bits per heavy atom. The van der Waals surface area contributed by atoms with E-state index in [2.05, 4.69) is 15.9 Å². The van der Waals surface area contributed by atoms with Crippen LogP contribution in [0.5, 0.6) is 0 Å². The van der Waals surface area contributed by atoms with E-state index in [1.807, 2.05) is 12.2 Å². The second-order valence-corrected chi connectivity index (χ2v) is 6.17. The second-order valence-electron chi connectivity index (χ2n) is 2.63. The molecule has 0 bridgehead atoms. The van der Waals surface area contributed by atoms with Crippen LogP contribution in [0.3, 0.4) is 0 Å². The minimum absolute atomic E-state index is 0.0706. The van der Waals surface area contributed by atoms with E-state index in [1.54, 1.807) is 0 Å². The Morgan fingerprint density at radius 1 is 1.18 bits per heavy atom. The van der Waals surface area contributed by atoms with Gasteiger partial charge in [0.05, 0.1) is 0 Å². The van der Waals surface area contributed by atoms with Gasteiger partial charge in [0.15, 0.2) is 3.79 Å². The van der Waals surface area contributed by atoms with Crippen LogP contribution in [0, 0.1) is 5.92 Å². The van der Waals surface area contributed by atoms with Crippen LogP contribution in [0.1, 0.15) is 12.8 Å². The molecule has 0 saturated carbocycles. The Balaban J connectivity index is 2.57. The largest absolute Gasteiger partial charge is 0.196 e. The van der Waals surface area contributed by atoms with Crippen molar-refractivity contribution in [3.05, 3.63) is 12.2 Å². The van der Waals surface area contributed by atoms with Crippen LogP contribution in [0.2, 0.25) is 0 Å². The van der Waals surface area contributed by atoms with Crippen molar-refractivity contribution in [3.8, 4) is 0 Å².